The number of likely N-dealkylation sites (tertiary alicyclic amines) is 3. The molecule has 6 rings (SSSR count). The molecular formula is C35H47Br2F3N4O5. The van der Waals surface area contributed by atoms with Crippen LogP contribution >= 0.6 is 31.9 Å². The van der Waals surface area contributed by atoms with Gasteiger partial charge in [0.05, 0.1) is 0 Å². The van der Waals surface area contributed by atoms with E-state index >= 15 is 0 Å². The minimum atomic E-state index is -4.64. The lowest BCUT2D eigenvalue weighted by Crippen LogP contribution is -2.65. The van der Waals surface area contributed by atoms with Crippen LogP contribution in [0.25, 0.3) is 0 Å². The van der Waals surface area contributed by atoms with Crippen LogP contribution in [0, 0.1) is 23.7 Å². The summed E-state index contributed by atoms with van der Waals surface area (Å²) in [4.78, 5) is 27.6. The summed E-state index contributed by atoms with van der Waals surface area (Å²) in [5.41, 5.74) is -0.0926. The van der Waals surface area contributed by atoms with E-state index in [0.29, 0.717) is 13.1 Å². The third-order valence-corrected chi connectivity index (χ3v) is 10.7. The van der Waals surface area contributed by atoms with Gasteiger partial charge >= 0.3 is 12.3 Å². The molecule has 4 unspecified atom stereocenters. The van der Waals surface area contributed by atoms with Crippen molar-refractivity contribution in [3.8, 4) is 0 Å². The number of nitrogens with one attached hydrogen (secondary N) is 1. The summed E-state index contributed by atoms with van der Waals surface area (Å²) in [7, 11) is 4.22. The molecule has 49 heavy (non-hydrogen) atoms. The molecule has 2 aromatic rings. The van der Waals surface area contributed by atoms with Gasteiger partial charge in [-0.2, -0.15) is 13.2 Å². The molecule has 272 valence electrons. The number of ether oxygens (including phenoxy) is 1. The first-order valence-corrected chi connectivity index (χ1v) is 17.9. The normalized spacial score (nSPS) is 30.2. The molecule has 4 heterocycles. The molecule has 2 aromatic carbocycles. The summed E-state index contributed by atoms with van der Waals surface area (Å²) in [5, 5.41) is 26.3. The van der Waals surface area contributed by atoms with Gasteiger partial charge in [0, 0.05) is 85.0 Å². The van der Waals surface area contributed by atoms with E-state index in [1.807, 2.05) is 57.2 Å². The highest BCUT2D eigenvalue weighted by atomic mass is 79.9. The highest BCUT2D eigenvalue weighted by Crippen LogP contribution is 2.46. The predicted molar refractivity (Wildman–Crippen MR) is 188 cm³/mol. The Labute approximate surface area is 303 Å². The minimum Gasteiger partial charge on any atom is -0.444 e. The van der Waals surface area contributed by atoms with E-state index in [4.69, 9.17) is 9.53 Å². The Morgan fingerprint density at radius 1 is 0.776 bits per heavy atom. The molecule has 4 fully saturated rings. The van der Waals surface area contributed by atoms with Crippen molar-refractivity contribution < 1.29 is 37.7 Å². The van der Waals surface area contributed by atoms with Crippen molar-refractivity contribution in [3.63, 3.8) is 0 Å². The van der Waals surface area contributed by atoms with E-state index in [2.05, 4.69) is 73.2 Å². The van der Waals surface area contributed by atoms with Gasteiger partial charge in [-0.25, -0.2) is 4.79 Å². The molecule has 0 aliphatic carbocycles. The second kappa shape index (κ2) is 15.7. The smallest absolute Gasteiger partial charge is 0.444 e. The molecule has 4 aliphatic heterocycles. The van der Waals surface area contributed by atoms with E-state index < -0.39 is 29.3 Å². The molecule has 3 N–H and O–H groups in total. The first-order chi connectivity index (χ1) is 22.8. The third-order valence-electron chi connectivity index (χ3n) is 9.68. The summed E-state index contributed by atoms with van der Waals surface area (Å²) in [5.74, 6) is 0.463. The lowest BCUT2D eigenvalue weighted by Gasteiger charge is -2.55. The summed E-state index contributed by atoms with van der Waals surface area (Å²) in [6.07, 6.45) is -5.99. The minimum absolute atomic E-state index is 0.0429. The van der Waals surface area contributed by atoms with E-state index in [0.717, 1.165) is 59.3 Å². The molecule has 0 aromatic heterocycles. The molecule has 4 aliphatic rings. The molecular weight excluding hydrogens is 773 g/mol. The van der Waals surface area contributed by atoms with Crippen LogP contribution in [-0.4, -0.2) is 116 Å². The summed E-state index contributed by atoms with van der Waals surface area (Å²) in [6.45, 7) is 11.8. The fourth-order valence-corrected chi connectivity index (χ4v) is 8.13. The number of fused-ring (bicyclic) bond motifs is 4. The number of rotatable bonds is 2. The number of carbonyl (C=O) groups is 2. The maximum absolute atomic E-state index is 12.5. The Morgan fingerprint density at radius 2 is 1.12 bits per heavy atom. The number of benzene rings is 2. The van der Waals surface area contributed by atoms with Crippen molar-refractivity contribution in [1.82, 2.24) is 20.0 Å². The Hall–Kier alpha value is -2.07. The monoisotopic (exact) mass is 818 g/mol. The van der Waals surface area contributed by atoms with Gasteiger partial charge in [-0.3, -0.25) is 4.79 Å². The summed E-state index contributed by atoms with van der Waals surface area (Å²) >= 11 is 6.91. The summed E-state index contributed by atoms with van der Waals surface area (Å²) in [6, 6.07) is 16.1. The number of hydrogen-bond donors (Lipinski definition) is 3. The zero-order chi connectivity index (χ0) is 36.4. The Morgan fingerprint density at radius 3 is 1.47 bits per heavy atom. The van der Waals surface area contributed by atoms with Crippen LogP contribution in [-0.2, 0) is 20.7 Å². The van der Waals surface area contributed by atoms with Crippen molar-refractivity contribution in [2.45, 2.75) is 43.8 Å². The van der Waals surface area contributed by atoms with Crippen LogP contribution in [0.4, 0.5) is 18.0 Å². The SMILES string of the molecule is CN1CC2CN(C(=O)OC(C)(C)C)CC(C1)C2(O)c1ccc(Br)cc1.CN1CC2CNCC(C1)C2(O)c1ccc(Br)cc1.O=CC(F)(F)F. The number of aldehydes is 1. The predicted octanol–water partition coefficient (Wildman–Crippen LogP) is 5.23. The number of carbonyl (C=O) groups excluding carboxylic acids is 2. The topological polar surface area (TPSA) is 106 Å². The maximum Gasteiger partial charge on any atom is 0.446 e. The molecule has 9 nitrogen and oxygen atoms in total. The van der Waals surface area contributed by atoms with Crippen LogP contribution in [0.15, 0.2) is 57.5 Å². The van der Waals surface area contributed by atoms with Crippen LogP contribution in [0.1, 0.15) is 31.9 Å². The second-order valence-electron chi connectivity index (χ2n) is 14.6. The maximum atomic E-state index is 12.5. The van der Waals surface area contributed by atoms with Crippen LogP contribution in [0.5, 0.6) is 0 Å². The van der Waals surface area contributed by atoms with Crippen molar-refractivity contribution in [2.75, 3.05) is 66.5 Å². The molecule has 0 spiro atoms. The molecule has 4 atom stereocenters. The molecule has 0 radical (unpaired) electrons. The lowest BCUT2D eigenvalue weighted by molar-refractivity contribution is -0.158. The number of hydrogen-bond acceptors (Lipinski definition) is 8. The fraction of sp³-hybridized carbons (Fsp3) is 0.600. The highest BCUT2D eigenvalue weighted by Gasteiger charge is 2.54. The van der Waals surface area contributed by atoms with E-state index in [1.165, 1.54) is 0 Å². The van der Waals surface area contributed by atoms with Crippen molar-refractivity contribution in [3.05, 3.63) is 68.6 Å². The van der Waals surface area contributed by atoms with E-state index in [9.17, 15) is 28.2 Å². The zero-order valence-electron chi connectivity index (χ0n) is 28.5. The Balaban J connectivity index is 0.000000196. The molecule has 4 saturated heterocycles. The van der Waals surface area contributed by atoms with Gasteiger partial charge in [0.1, 0.15) is 16.8 Å². The van der Waals surface area contributed by atoms with Gasteiger partial charge in [0.15, 0.2) is 0 Å². The second-order valence-corrected chi connectivity index (χ2v) is 16.4. The quantitative estimate of drug-likeness (QED) is 0.355. The number of piperidine rings is 4. The standard InChI is InChI=1S/C19H27BrN2O3.C14H19BrN2O.C2HF3O/c1-18(2,3)25-17(23)22-11-14-9-21(4)10-15(12-22)19(14,24)13-5-7-16(20)8-6-13;1-17-8-11-6-16-7-12(9-17)14(11,18)10-2-4-13(15)5-3-10;3-2(4,5)1-6/h5-8,14-15,24H,9-12H2,1-4H3;2-5,11-12,16,18H,6-9H2,1H3;1H. The molecule has 14 heteroatoms. The van der Waals surface area contributed by atoms with Gasteiger partial charge in [-0.15, -0.1) is 0 Å². The average molecular weight is 821 g/mol. The van der Waals surface area contributed by atoms with Gasteiger partial charge in [-0.1, -0.05) is 56.1 Å². The highest BCUT2D eigenvalue weighted by molar-refractivity contribution is 9.10. The number of halogens is 5. The van der Waals surface area contributed by atoms with Crippen molar-refractivity contribution in [2.24, 2.45) is 23.7 Å². The van der Waals surface area contributed by atoms with Gasteiger partial charge < -0.3 is 35.0 Å². The van der Waals surface area contributed by atoms with Crippen molar-refractivity contribution >= 4 is 44.2 Å². The molecule has 4 bridgehead atoms. The van der Waals surface area contributed by atoms with Crippen LogP contribution in [0.3, 0.4) is 0 Å². The van der Waals surface area contributed by atoms with Crippen LogP contribution < -0.4 is 5.32 Å². The van der Waals surface area contributed by atoms with E-state index in [1.54, 1.807) is 4.90 Å². The summed E-state index contributed by atoms with van der Waals surface area (Å²) < 4.78 is 38.8. The number of alkyl halides is 3. The Bertz CT molecular complexity index is 1390. The van der Waals surface area contributed by atoms with Gasteiger partial charge in [0.25, 0.3) is 0 Å². The lowest BCUT2D eigenvalue weighted by atomic mass is 9.66. The largest absolute Gasteiger partial charge is 0.446 e. The first-order valence-electron chi connectivity index (χ1n) is 16.3. The fourth-order valence-electron chi connectivity index (χ4n) is 7.60. The van der Waals surface area contributed by atoms with Gasteiger partial charge in [-0.05, 0) is 70.3 Å². The van der Waals surface area contributed by atoms with Gasteiger partial charge in [0.2, 0.25) is 6.29 Å². The number of amides is 1. The molecule has 0 saturated carbocycles. The third kappa shape index (κ3) is 9.63. The number of nitrogens with zero attached hydrogens (tertiary/aromatic N) is 3. The molecule has 1 amide bonds. The van der Waals surface area contributed by atoms with Crippen LogP contribution in [0.2, 0.25) is 0 Å². The first kappa shape index (κ1) is 39.7. The Kier molecular flexibility index (Phi) is 12.7. The zero-order valence-corrected chi connectivity index (χ0v) is 31.7. The number of aliphatic hydroxyl groups is 2. The van der Waals surface area contributed by atoms with Crippen molar-refractivity contribution in [1.29, 1.82) is 0 Å². The van der Waals surface area contributed by atoms with E-state index in [-0.39, 0.29) is 29.8 Å². The average Bonchev–Trinajstić information content (AvgIpc) is 2.99.